The molecule has 1 aliphatic rings. The average molecular weight is 176 g/mol. The number of rotatable bonds is 0. The SMILES string of the molecule is Cc1cccc2c1CCC(C)(C)O2. The van der Waals surface area contributed by atoms with E-state index in [1.807, 2.05) is 0 Å². The highest BCUT2D eigenvalue weighted by Gasteiger charge is 2.26. The molecule has 0 unspecified atom stereocenters. The van der Waals surface area contributed by atoms with Gasteiger partial charge in [0.2, 0.25) is 0 Å². The molecule has 13 heavy (non-hydrogen) atoms. The lowest BCUT2D eigenvalue weighted by molar-refractivity contribution is 0.0845. The third kappa shape index (κ3) is 1.55. The molecule has 1 aromatic rings. The largest absolute Gasteiger partial charge is 0.488 e. The molecule has 0 saturated heterocycles. The molecular weight excluding hydrogens is 160 g/mol. The van der Waals surface area contributed by atoms with E-state index in [0.717, 1.165) is 18.6 Å². The van der Waals surface area contributed by atoms with Crippen molar-refractivity contribution in [2.24, 2.45) is 0 Å². The van der Waals surface area contributed by atoms with Gasteiger partial charge in [-0.15, -0.1) is 0 Å². The molecule has 0 N–H and O–H groups in total. The zero-order chi connectivity index (χ0) is 9.47. The summed E-state index contributed by atoms with van der Waals surface area (Å²) in [6, 6.07) is 6.29. The number of ether oxygens (including phenoxy) is 1. The Morgan fingerprint density at radius 3 is 2.85 bits per heavy atom. The Bertz CT molecular complexity index is 326. The average Bonchev–Trinajstić information content (AvgIpc) is 2.02. The molecule has 0 amide bonds. The van der Waals surface area contributed by atoms with Crippen molar-refractivity contribution in [1.29, 1.82) is 0 Å². The normalized spacial score (nSPS) is 19.0. The van der Waals surface area contributed by atoms with Crippen LogP contribution in [0.5, 0.6) is 5.75 Å². The molecule has 1 nitrogen and oxygen atoms in total. The monoisotopic (exact) mass is 176 g/mol. The summed E-state index contributed by atoms with van der Waals surface area (Å²) in [6.45, 7) is 6.46. The zero-order valence-corrected chi connectivity index (χ0v) is 8.55. The lowest BCUT2D eigenvalue weighted by atomic mass is 9.92. The predicted molar refractivity (Wildman–Crippen MR) is 54.2 cm³/mol. The van der Waals surface area contributed by atoms with Crippen LogP contribution in [0.15, 0.2) is 18.2 Å². The van der Waals surface area contributed by atoms with Crippen molar-refractivity contribution < 1.29 is 4.74 Å². The van der Waals surface area contributed by atoms with Crippen LogP contribution in [0, 0.1) is 6.92 Å². The lowest BCUT2D eigenvalue weighted by Crippen LogP contribution is -2.32. The molecule has 1 heteroatoms. The summed E-state index contributed by atoms with van der Waals surface area (Å²) in [7, 11) is 0. The fraction of sp³-hybridized carbons (Fsp3) is 0.500. The number of aryl methyl sites for hydroxylation is 1. The van der Waals surface area contributed by atoms with E-state index < -0.39 is 0 Å². The summed E-state index contributed by atoms with van der Waals surface area (Å²) in [5.74, 6) is 1.08. The Balaban J connectivity index is 2.42. The van der Waals surface area contributed by atoms with E-state index in [1.165, 1.54) is 11.1 Å². The Morgan fingerprint density at radius 2 is 2.08 bits per heavy atom. The van der Waals surface area contributed by atoms with Gasteiger partial charge in [0, 0.05) is 0 Å². The van der Waals surface area contributed by atoms with Crippen LogP contribution in [0.2, 0.25) is 0 Å². The summed E-state index contributed by atoms with van der Waals surface area (Å²) in [5.41, 5.74) is 2.76. The standard InChI is InChI=1S/C12H16O/c1-9-5-4-6-11-10(9)7-8-12(2,3)13-11/h4-6H,7-8H2,1-3H3. The maximum absolute atomic E-state index is 5.90. The van der Waals surface area contributed by atoms with E-state index in [9.17, 15) is 0 Å². The minimum Gasteiger partial charge on any atom is -0.488 e. The highest BCUT2D eigenvalue weighted by molar-refractivity contribution is 5.41. The van der Waals surface area contributed by atoms with Gasteiger partial charge in [-0.05, 0) is 50.8 Å². The first-order chi connectivity index (χ1) is 6.08. The van der Waals surface area contributed by atoms with Crippen LogP contribution < -0.4 is 4.74 Å². The first-order valence-electron chi connectivity index (χ1n) is 4.86. The van der Waals surface area contributed by atoms with Gasteiger partial charge < -0.3 is 4.74 Å². The highest BCUT2D eigenvalue weighted by atomic mass is 16.5. The Labute approximate surface area is 79.7 Å². The third-order valence-electron chi connectivity index (χ3n) is 2.73. The van der Waals surface area contributed by atoms with E-state index in [0.29, 0.717) is 0 Å². The topological polar surface area (TPSA) is 9.23 Å². The Hall–Kier alpha value is -0.980. The molecule has 0 atom stereocenters. The molecule has 1 heterocycles. The van der Waals surface area contributed by atoms with E-state index in [1.54, 1.807) is 0 Å². The predicted octanol–water partition coefficient (Wildman–Crippen LogP) is 3.10. The lowest BCUT2D eigenvalue weighted by Gasteiger charge is -2.33. The first kappa shape index (κ1) is 8.61. The maximum atomic E-state index is 5.90. The number of fused-ring (bicyclic) bond motifs is 1. The van der Waals surface area contributed by atoms with Crippen LogP contribution in [0.25, 0.3) is 0 Å². The number of benzene rings is 1. The van der Waals surface area contributed by atoms with Crippen molar-refractivity contribution >= 4 is 0 Å². The van der Waals surface area contributed by atoms with E-state index >= 15 is 0 Å². The van der Waals surface area contributed by atoms with Crippen molar-refractivity contribution in [2.75, 3.05) is 0 Å². The van der Waals surface area contributed by atoms with Gasteiger partial charge in [-0.25, -0.2) is 0 Å². The van der Waals surface area contributed by atoms with Gasteiger partial charge >= 0.3 is 0 Å². The molecule has 1 aromatic carbocycles. The van der Waals surface area contributed by atoms with Crippen LogP contribution in [0.4, 0.5) is 0 Å². The molecule has 2 rings (SSSR count). The van der Waals surface area contributed by atoms with Gasteiger partial charge in [0.1, 0.15) is 11.4 Å². The summed E-state index contributed by atoms with van der Waals surface area (Å²) in [6.07, 6.45) is 2.26. The fourth-order valence-corrected chi connectivity index (χ4v) is 1.87. The fourth-order valence-electron chi connectivity index (χ4n) is 1.87. The van der Waals surface area contributed by atoms with Gasteiger partial charge in [-0.2, -0.15) is 0 Å². The molecule has 0 spiro atoms. The van der Waals surface area contributed by atoms with Crippen LogP contribution >= 0.6 is 0 Å². The van der Waals surface area contributed by atoms with E-state index in [2.05, 4.69) is 39.0 Å². The van der Waals surface area contributed by atoms with E-state index in [4.69, 9.17) is 4.74 Å². The second kappa shape index (κ2) is 2.76. The second-order valence-corrected chi connectivity index (χ2v) is 4.41. The van der Waals surface area contributed by atoms with Gasteiger partial charge in [0.05, 0.1) is 0 Å². The minimum absolute atomic E-state index is 0.0147. The molecule has 1 aliphatic heterocycles. The maximum Gasteiger partial charge on any atom is 0.123 e. The highest BCUT2D eigenvalue weighted by Crippen LogP contribution is 2.34. The first-order valence-corrected chi connectivity index (χ1v) is 4.86. The Kier molecular flexibility index (Phi) is 1.83. The molecule has 0 saturated carbocycles. The molecule has 70 valence electrons. The summed E-state index contributed by atoms with van der Waals surface area (Å²) in [4.78, 5) is 0. The smallest absolute Gasteiger partial charge is 0.123 e. The van der Waals surface area contributed by atoms with Gasteiger partial charge in [-0.1, -0.05) is 12.1 Å². The van der Waals surface area contributed by atoms with Gasteiger partial charge in [0.25, 0.3) is 0 Å². The van der Waals surface area contributed by atoms with Crippen molar-refractivity contribution in [3.63, 3.8) is 0 Å². The van der Waals surface area contributed by atoms with Gasteiger partial charge in [-0.3, -0.25) is 0 Å². The van der Waals surface area contributed by atoms with E-state index in [-0.39, 0.29) is 5.60 Å². The summed E-state index contributed by atoms with van der Waals surface area (Å²) in [5, 5.41) is 0. The van der Waals surface area contributed by atoms with Crippen LogP contribution in [-0.4, -0.2) is 5.60 Å². The van der Waals surface area contributed by atoms with Crippen LogP contribution in [0.1, 0.15) is 31.4 Å². The zero-order valence-electron chi connectivity index (χ0n) is 8.55. The summed E-state index contributed by atoms with van der Waals surface area (Å²) < 4.78 is 5.90. The van der Waals surface area contributed by atoms with Crippen LogP contribution in [0.3, 0.4) is 0 Å². The van der Waals surface area contributed by atoms with Crippen LogP contribution in [-0.2, 0) is 6.42 Å². The van der Waals surface area contributed by atoms with Crippen molar-refractivity contribution in [3.05, 3.63) is 29.3 Å². The van der Waals surface area contributed by atoms with Crippen molar-refractivity contribution in [3.8, 4) is 5.75 Å². The molecule has 0 aromatic heterocycles. The molecule has 0 radical (unpaired) electrons. The molecular formula is C12H16O. The van der Waals surface area contributed by atoms with Crippen molar-refractivity contribution in [1.82, 2.24) is 0 Å². The number of hydrogen-bond donors (Lipinski definition) is 0. The Morgan fingerprint density at radius 1 is 1.31 bits per heavy atom. The molecule has 0 fully saturated rings. The third-order valence-corrected chi connectivity index (χ3v) is 2.73. The van der Waals surface area contributed by atoms with Crippen molar-refractivity contribution in [2.45, 2.75) is 39.2 Å². The quantitative estimate of drug-likeness (QED) is 0.590. The molecule has 0 bridgehead atoms. The summed E-state index contributed by atoms with van der Waals surface area (Å²) >= 11 is 0. The minimum atomic E-state index is 0.0147. The number of hydrogen-bond acceptors (Lipinski definition) is 1. The second-order valence-electron chi connectivity index (χ2n) is 4.41. The molecule has 0 aliphatic carbocycles. The van der Waals surface area contributed by atoms with Gasteiger partial charge in [0.15, 0.2) is 0 Å².